The van der Waals surface area contributed by atoms with Crippen molar-refractivity contribution in [1.29, 1.82) is 0 Å². The molecule has 0 aliphatic heterocycles. The lowest BCUT2D eigenvalue weighted by Crippen LogP contribution is -2.37. The van der Waals surface area contributed by atoms with Gasteiger partial charge in [-0.25, -0.2) is 4.39 Å². The van der Waals surface area contributed by atoms with Gasteiger partial charge in [-0.15, -0.1) is 0 Å². The van der Waals surface area contributed by atoms with Crippen molar-refractivity contribution in [3.8, 4) is 5.75 Å². The zero-order chi connectivity index (χ0) is 23.1. The Bertz CT molecular complexity index is 1120. The fourth-order valence-corrected chi connectivity index (χ4v) is 2.96. The first kappa shape index (κ1) is 23.0. The minimum Gasteiger partial charge on any atom is -0.484 e. The summed E-state index contributed by atoms with van der Waals surface area (Å²) in [5, 5.41) is 3.05. The van der Waals surface area contributed by atoms with Gasteiger partial charge in [-0.3, -0.25) is 14.4 Å². The third-order valence-corrected chi connectivity index (χ3v) is 4.87. The van der Waals surface area contributed by atoms with Crippen LogP contribution in [0.15, 0.2) is 72.8 Å². The third-order valence-electron chi connectivity index (χ3n) is 4.54. The number of likely N-dealkylation sites (N-methyl/N-ethyl adjacent to an activating group) is 1. The van der Waals surface area contributed by atoms with E-state index in [0.29, 0.717) is 27.6 Å². The van der Waals surface area contributed by atoms with Crippen LogP contribution in [0.5, 0.6) is 5.75 Å². The molecule has 0 unspecified atom stereocenters. The molecule has 0 fully saturated rings. The average molecular weight is 455 g/mol. The lowest BCUT2D eigenvalue weighted by Gasteiger charge is -2.17. The van der Waals surface area contributed by atoms with Crippen LogP contribution in [0.2, 0.25) is 5.02 Å². The molecule has 0 bridgehead atoms. The number of hydrogen-bond acceptors (Lipinski definition) is 4. The Hall–Kier alpha value is -3.71. The molecule has 0 atom stereocenters. The SMILES string of the molecule is CN(CC(=O)Nc1ccccc1Cl)C(=O)COc1ccc(C(=O)c2ccc(F)cc2)cc1. The normalized spacial score (nSPS) is 10.3. The number of benzene rings is 3. The minimum absolute atomic E-state index is 0.168. The summed E-state index contributed by atoms with van der Waals surface area (Å²) in [6.07, 6.45) is 0. The molecule has 0 spiro atoms. The van der Waals surface area contributed by atoms with Gasteiger partial charge < -0.3 is 15.0 Å². The van der Waals surface area contributed by atoms with Crippen molar-refractivity contribution in [2.75, 3.05) is 25.5 Å². The van der Waals surface area contributed by atoms with Gasteiger partial charge in [-0.1, -0.05) is 23.7 Å². The average Bonchev–Trinajstić information content (AvgIpc) is 2.79. The van der Waals surface area contributed by atoms with Gasteiger partial charge in [-0.2, -0.15) is 0 Å². The fraction of sp³-hybridized carbons (Fsp3) is 0.125. The maximum absolute atomic E-state index is 13.0. The molecular weight excluding hydrogens is 435 g/mol. The predicted molar refractivity (Wildman–Crippen MR) is 119 cm³/mol. The Morgan fingerprint density at radius 3 is 2.16 bits per heavy atom. The molecule has 1 N–H and O–H groups in total. The highest BCUT2D eigenvalue weighted by molar-refractivity contribution is 6.33. The molecule has 8 heteroatoms. The number of ketones is 1. The lowest BCUT2D eigenvalue weighted by atomic mass is 10.0. The van der Waals surface area contributed by atoms with Gasteiger partial charge in [0.25, 0.3) is 5.91 Å². The van der Waals surface area contributed by atoms with E-state index < -0.39 is 17.6 Å². The molecule has 0 aliphatic carbocycles. The molecule has 0 aliphatic rings. The largest absolute Gasteiger partial charge is 0.484 e. The number of hydrogen-bond donors (Lipinski definition) is 1. The number of rotatable bonds is 8. The summed E-state index contributed by atoms with van der Waals surface area (Å²) in [6, 6.07) is 18.3. The van der Waals surface area contributed by atoms with Gasteiger partial charge in [0.1, 0.15) is 11.6 Å². The number of ether oxygens (including phenoxy) is 1. The summed E-state index contributed by atoms with van der Waals surface area (Å²) in [5.41, 5.74) is 1.24. The summed E-state index contributed by atoms with van der Waals surface area (Å²) in [6.45, 7) is -0.445. The summed E-state index contributed by atoms with van der Waals surface area (Å²) in [7, 11) is 1.49. The van der Waals surface area contributed by atoms with E-state index in [1.807, 2.05) is 0 Å². The number of anilines is 1. The van der Waals surface area contributed by atoms with Crippen LogP contribution in [-0.2, 0) is 9.59 Å². The van der Waals surface area contributed by atoms with Gasteiger partial charge in [0.05, 0.1) is 17.3 Å². The molecule has 0 aromatic heterocycles. The van der Waals surface area contributed by atoms with Gasteiger partial charge in [0, 0.05) is 18.2 Å². The Labute approximate surface area is 189 Å². The Balaban J connectivity index is 1.49. The van der Waals surface area contributed by atoms with Crippen LogP contribution in [0, 0.1) is 5.82 Å². The van der Waals surface area contributed by atoms with Crippen LogP contribution in [0.4, 0.5) is 10.1 Å². The number of para-hydroxylation sites is 1. The molecule has 164 valence electrons. The highest BCUT2D eigenvalue weighted by Crippen LogP contribution is 2.20. The summed E-state index contributed by atoms with van der Waals surface area (Å²) < 4.78 is 18.5. The number of halogens is 2. The smallest absolute Gasteiger partial charge is 0.260 e. The number of nitrogens with one attached hydrogen (secondary N) is 1. The summed E-state index contributed by atoms with van der Waals surface area (Å²) >= 11 is 6.01. The third kappa shape index (κ3) is 6.15. The highest BCUT2D eigenvalue weighted by Gasteiger charge is 2.15. The highest BCUT2D eigenvalue weighted by atomic mass is 35.5. The number of nitrogens with zero attached hydrogens (tertiary/aromatic N) is 1. The molecule has 3 aromatic rings. The maximum Gasteiger partial charge on any atom is 0.260 e. The van der Waals surface area contributed by atoms with Crippen molar-refractivity contribution in [2.45, 2.75) is 0 Å². The van der Waals surface area contributed by atoms with E-state index in [2.05, 4.69) is 5.32 Å². The molecule has 0 heterocycles. The molecule has 2 amide bonds. The molecule has 0 saturated heterocycles. The van der Waals surface area contributed by atoms with E-state index in [-0.39, 0.29) is 18.9 Å². The van der Waals surface area contributed by atoms with E-state index in [1.165, 1.54) is 36.2 Å². The molecule has 0 radical (unpaired) electrons. The van der Waals surface area contributed by atoms with Crippen molar-refractivity contribution < 1.29 is 23.5 Å². The van der Waals surface area contributed by atoms with Crippen LogP contribution < -0.4 is 10.1 Å². The van der Waals surface area contributed by atoms with Crippen LogP contribution in [-0.4, -0.2) is 42.7 Å². The Morgan fingerprint density at radius 1 is 0.938 bits per heavy atom. The Kier molecular flexibility index (Phi) is 7.57. The fourth-order valence-electron chi connectivity index (χ4n) is 2.78. The van der Waals surface area contributed by atoms with Crippen molar-refractivity contribution in [1.82, 2.24) is 4.90 Å². The second-order valence-corrected chi connectivity index (χ2v) is 7.33. The first-order valence-electron chi connectivity index (χ1n) is 9.65. The van der Waals surface area contributed by atoms with E-state index in [4.69, 9.17) is 16.3 Å². The van der Waals surface area contributed by atoms with Gasteiger partial charge in [0.15, 0.2) is 12.4 Å². The Morgan fingerprint density at radius 2 is 1.53 bits per heavy atom. The van der Waals surface area contributed by atoms with Gasteiger partial charge in [-0.05, 0) is 60.7 Å². The van der Waals surface area contributed by atoms with Crippen LogP contribution >= 0.6 is 11.6 Å². The number of carbonyl (C=O) groups excluding carboxylic acids is 3. The van der Waals surface area contributed by atoms with Crippen molar-refractivity contribution >= 4 is 34.9 Å². The van der Waals surface area contributed by atoms with Crippen LogP contribution in [0.1, 0.15) is 15.9 Å². The van der Waals surface area contributed by atoms with E-state index in [1.54, 1.807) is 48.5 Å². The number of carbonyl (C=O) groups is 3. The van der Waals surface area contributed by atoms with E-state index in [9.17, 15) is 18.8 Å². The second kappa shape index (κ2) is 10.5. The maximum atomic E-state index is 13.0. The van der Waals surface area contributed by atoms with Gasteiger partial charge >= 0.3 is 0 Å². The minimum atomic E-state index is -0.415. The standard InChI is InChI=1S/C24H20ClFN2O4/c1-28(14-22(29)27-21-5-3-2-4-20(21)25)23(30)15-32-19-12-8-17(9-13-19)24(31)16-6-10-18(26)11-7-16/h2-13H,14-15H2,1H3,(H,27,29). The van der Waals surface area contributed by atoms with Crippen molar-refractivity contribution in [3.63, 3.8) is 0 Å². The lowest BCUT2D eigenvalue weighted by molar-refractivity contribution is -0.135. The van der Waals surface area contributed by atoms with Crippen molar-refractivity contribution in [3.05, 3.63) is 94.8 Å². The second-order valence-electron chi connectivity index (χ2n) is 6.93. The van der Waals surface area contributed by atoms with Crippen LogP contribution in [0.3, 0.4) is 0 Å². The molecule has 32 heavy (non-hydrogen) atoms. The molecule has 3 rings (SSSR count). The first-order chi connectivity index (χ1) is 15.3. The summed E-state index contributed by atoms with van der Waals surface area (Å²) in [5.74, 6) is -1.07. The molecule has 0 saturated carbocycles. The predicted octanol–water partition coefficient (Wildman–Crippen LogP) is 4.19. The molecule has 3 aromatic carbocycles. The monoisotopic (exact) mass is 454 g/mol. The zero-order valence-electron chi connectivity index (χ0n) is 17.2. The quantitative estimate of drug-likeness (QED) is 0.518. The zero-order valence-corrected chi connectivity index (χ0v) is 17.9. The van der Waals surface area contributed by atoms with Crippen molar-refractivity contribution in [2.24, 2.45) is 0 Å². The topological polar surface area (TPSA) is 75.7 Å². The number of amides is 2. The molecule has 6 nitrogen and oxygen atoms in total. The van der Waals surface area contributed by atoms with Gasteiger partial charge in [0.2, 0.25) is 5.91 Å². The summed E-state index contributed by atoms with van der Waals surface area (Å²) in [4.78, 5) is 38.0. The van der Waals surface area contributed by atoms with E-state index in [0.717, 1.165) is 0 Å². The first-order valence-corrected chi connectivity index (χ1v) is 10.0. The van der Waals surface area contributed by atoms with Crippen LogP contribution in [0.25, 0.3) is 0 Å². The molecular formula is C24H20ClFN2O4. The van der Waals surface area contributed by atoms with E-state index >= 15 is 0 Å².